The van der Waals surface area contributed by atoms with Gasteiger partial charge in [0.1, 0.15) is 5.54 Å². The first-order valence-electron chi connectivity index (χ1n) is 8.87. The monoisotopic (exact) mass is 369 g/mol. The molecule has 1 saturated carbocycles. The number of hydrogen-bond donors (Lipinski definition) is 3. The van der Waals surface area contributed by atoms with Crippen LogP contribution in [0.15, 0.2) is 18.5 Å². The van der Waals surface area contributed by atoms with Gasteiger partial charge in [0.2, 0.25) is 15.9 Å². The first-order chi connectivity index (χ1) is 11.9. The molecule has 9 heteroatoms. The number of carbonyl (C=O) groups is 1. The second-order valence-corrected chi connectivity index (χ2v) is 8.91. The third-order valence-electron chi connectivity index (χ3n) is 5.35. The van der Waals surface area contributed by atoms with Crippen LogP contribution in [0.1, 0.15) is 32.1 Å². The van der Waals surface area contributed by atoms with E-state index in [2.05, 4.69) is 20.5 Å². The van der Waals surface area contributed by atoms with Crippen LogP contribution >= 0.6 is 0 Å². The molecule has 0 bridgehead atoms. The number of nitrogens with one attached hydrogen (secondary N) is 3. The Balaban J connectivity index is 1.66. The molecule has 2 unspecified atom stereocenters. The van der Waals surface area contributed by atoms with E-state index >= 15 is 0 Å². The number of aromatic nitrogens is 2. The van der Waals surface area contributed by atoms with Crippen molar-refractivity contribution in [1.82, 2.24) is 25.1 Å². The number of hydrogen-bond acceptors (Lipinski definition) is 5. The van der Waals surface area contributed by atoms with Crippen LogP contribution in [0, 0.1) is 5.92 Å². The molecule has 1 aromatic heterocycles. The lowest BCUT2D eigenvalue weighted by Crippen LogP contribution is -2.55. The third kappa shape index (κ3) is 4.21. The highest BCUT2D eigenvalue weighted by molar-refractivity contribution is 7.88. The lowest BCUT2D eigenvalue weighted by molar-refractivity contribution is -0.132. The molecule has 3 rings (SSSR count). The zero-order valence-corrected chi connectivity index (χ0v) is 15.4. The van der Waals surface area contributed by atoms with Gasteiger partial charge in [0.15, 0.2) is 0 Å². The van der Waals surface area contributed by atoms with Crippen molar-refractivity contribution < 1.29 is 13.2 Å². The van der Waals surface area contributed by atoms with Crippen LogP contribution in [0.3, 0.4) is 0 Å². The van der Waals surface area contributed by atoms with E-state index in [1.807, 2.05) is 12.3 Å². The molecule has 2 heterocycles. The van der Waals surface area contributed by atoms with Gasteiger partial charge in [-0.15, -0.1) is 0 Å². The molecule has 1 aromatic rings. The number of nitrogens with zero attached hydrogens (tertiary/aromatic N) is 2. The minimum atomic E-state index is -3.23. The smallest absolute Gasteiger partial charge is 0.248 e. The van der Waals surface area contributed by atoms with Crippen molar-refractivity contribution in [3.05, 3.63) is 18.5 Å². The highest BCUT2D eigenvalue weighted by Gasteiger charge is 2.42. The summed E-state index contributed by atoms with van der Waals surface area (Å²) < 4.78 is 27.5. The van der Waals surface area contributed by atoms with Crippen molar-refractivity contribution in [3.8, 4) is 0 Å². The van der Waals surface area contributed by atoms with Gasteiger partial charge in [-0.3, -0.25) is 9.48 Å². The molecule has 1 amide bonds. The number of piperidine rings is 1. The summed E-state index contributed by atoms with van der Waals surface area (Å²) in [6.07, 6.45) is 8.82. The van der Waals surface area contributed by atoms with Gasteiger partial charge in [-0.25, -0.2) is 13.1 Å². The first kappa shape index (κ1) is 18.3. The average molecular weight is 369 g/mol. The Morgan fingerprint density at radius 3 is 2.76 bits per heavy atom. The van der Waals surface area contributed by atoms with E-state index in [1.54, 1.807) is 10.9 Å². The van der Waals surface area contributed by atoms with Crippen LogP contribution in [0.5, 0.6) is 0 Å². The zero-order chi connectivity index (χ0) is 17.9. The zero-order valence-electron chi connectivity index (χ0n) is 14.6. The van der Waals surface area contributed by atoms with Gasteiger partial charge >= 0.3 is 0 Å². The molecule has 25 heavy (non-hydrogen) atoms. The van der Waals surface area contributed by atoms with E-state index in [0.717, 1.165) is 32.4 Å². The maximum atomic E-state index is 13.0. The lowest BCUT2D eigenvalue weighted by Gasteiger charge is -2.37. The third-order valence-corrected chi connectivity index (χ3v) is 6.08. The predicted molar refractivity (Wildman–Crippen MR) is 94.4 cm³/mol. The van der Waals surface area contributed by atoms with Gasteiger partial charge in [-0.05, 0) is 50.8 Å². The van der Waals surface area contributed by atoms with Gasteiger partial charge < -0.3 is 10.6 Å². The molecule has 8 nitrogen and oxygen atoms in total. The van der Waals surface area contributed by atoms with E-state index in [0.29, 0.717) is 19.4 Å². The second-order valence-electron chi connectivity index (χ2n) is 7.13. The first-order valence-corrected chi connectivity index (χ1v) is 10.8. The van der Waals surface area contributed by atoms with Crippen molar-refractivity contribution in [2.24, 2.45) is 5.92 Å². The Bertz CT molecular complexity index is 683. The summed E-state index contributed by atoms with van der Waals surface area (Å²) in [5, 5.41) is 10.7. The fourth-order valence-corrected chi connectivity index (χ4v) is 4.88. The van der Waals surface area contributed by atoms with E-state index in [4.69, 9.17) is 0 Å². The maximum Gasteiger partial charge on any atom is 0.248 e. The number of rotatable bonds is 6. The van der Waals surface area contributed by atoms with Gasteiger partial charge in [0.25, 0.3) is 0 Å². The fraction of sp³-hybridized carbons (Fsp3) is 0.750. The van der Waals surface area contributed by atoms with E-state index in [-0.39, 0.29) is 17.9 Å². The molecule has 2 fully saturated rings. The quantitative estimate of drug-likeness (QED) is 0.644. The van der Waals surface area contributed by atoms with Crippen molar-refractivity contribution >= 4 is 15.9 Å². The van der Waals surface area contributed by atoms with Crippen molar-refractivity contribution in [1.29, 1.82) is 0 Å². The summed E-state index contributed by atoms with van der Waals surface area (Å²) in [7, 11) is -3.23. The molecule has 0 radical (unpaired) electrons. The van der Waals surface area contributed by atoms with Crippen LogP contribution in [0.4, 0.5) is 0 Å². The summed E-state index contributed by atoms with van der Waals surface area (Å²) in [5.41, 5.74) is -0.660. The minimum absolute atomic E-state index is 0.0253. The minimum Gasteiger partial charge on any atom is -0.354 e. The van der Waals surface area contributed by atoms with E-state index < -0.39 is 15.6 Å². The van der Waals surface area contributed by atoms with Gasteiger partial charge in [0, 0.05) is 25.0 Å². The van der Waals surface area contributed by atoms with Crippen LogP contribution < -0.4 is 15.4 Å². The largest absolute Gasteiger partial charge is 0.354 e. The molecule has 2 aliphatic rings. The Kier molecular flexibility index (Phi) is 5.45. The Morgan fingerprint density at radius 1 is 1.36 bits per heavy atom. The Hall–Kier alpha value is -1.45. The summed E-state index contributed by atoms with van der Waals surface area (Å²) in [6.45, 7) is 2.03. The average Bonchev–Trinajstić information content (AvgIpc) is 3.24. The summed E-state index contributed by atoms with van der Waals surface area (Å²) in [5.74, 6) is 0.109. The second kappa shape index (κ2) is 7.43. The van der Waals surface area contributed by atoms with Crippen LogP contribution in [-0.2, 0) is 20.4 Å². The van der Waals surface area contributed by atoms with Crippen molar-refractivity contribution in [3.63, 3.8) is 0 Å². The molecular formula is C16H27N5O3S. The predicted octanol–water partition coefficient (Wildman–Crippen LogP) is -0.204. The maximum absolute atomic E-state index is 13.0. The highest BCUT2D eigenvalue weighted by Crippen LogP contribution is 2.29. The lowest BCUT2D eigenvalue weighted by atomic mass is 9.87. The normalized spacial score (nSPS) is 26.4. The Labute approximate surface area is 148 Å². The van der Waals surface area contributed by atoms with Crippen LogP contribution in [0.25, 0.3) is 0 Å². The van der Waals surface area contributed by atoms with E-state index in [1.165, 1.54) is 6.26 Å². The summed E-state index contributed by atoms with van der Waals surface area (Å²) in [6, 6.07) is 1.74. The molecule has 1 aliphatic carbocycles. The van der Waals surface area contributed by atoms with Crippen LogP contribution in [-0.4, -0.2) is 56.0 Å². The SMILES string of the molecule is CS(=O)(=O)NC1CCCC1CNC(=O)C1(n2cccn2)CCNCC1. The fourth-order valence-electron chi connectivity index (χ4n) is 4.02. The molecule has 1 saturated heterocycles. The molecular weight excluding hydrogens is 342 g/mol. The van der Waals surface area contributed by atoms with Crippen LogP contribution in [0.2, 0.25) is 0 Å². The molecule has 2 atom stereocenters. The summed E-state index contributed by atoms with van der Waals surface area (Å²) in [4.78, 5) is 13.0. The summed E-state index contributed by atoms with van der Waals surface area (Å²) >= 11 is 0. The molecule has 3 N–H and O–H groups in total. The number of sulfonamides is 1. The topological polar surface area (TPSA) is 105 Å². The van der Waals surface area contributed by atoms with E-state index in [9.17, 15) is 13.2 Å². The standard InChI is InChI=1S/C16H27N5O3S/c1-25(23,24)20-14-5-2-4-13(14)12-18-15(22)16(6-9-17-10-7-16)21-11-3-8-19-21/h3,8,11,13-14,17,20H,2,4-7,9-10,12H2,1H3,(H,18,22). The van der Waals surface area contributed by atoms with Crippen molar-refractivity contribution in [2.75, 3.05) is 25.9 Å². The van der Waals surface area contributed by atoms with Gasteiger partial charge in [0.05, 0.1) is 6.26 Å². The van der Waals surface area contributed by atoms with Crippen molar-refractivity contribution in [2.45, 2.75) is 43.7 Å². The highest BCUT2D eigenvalue weighted by atomic mass is 32.2. The Morgan fingerprint density at radius 2 is 2.12 bits per heavy atom. The van der Waals surface area contributed by atoms with Gasteiger partial charge in [-0.1, -0.05) is 6.42 Å². The molecule has 140 valence electrons. The molecule has 0 aromatic carbocycles. The molecule has 1 aliphatic heterocycles. The molecule has 0 spiro atoms. The van der Waals surface area contributed by atoms with Gasteiger partial charge in [-0.2, -0.15) is 5.10 Å². The number of amides is 1. The number of carbonyl (C=O) groups excluding carboxylic acids is 1.